The van der Waals surface area contributed by atoms with Crippen molar-refractivity contribution in [3.63, 3.8) is 0 Å². The van der Waals surface area contributed by atoms with Crippen molar-refractivity contribution in [3.8, 4) is 5.75 Å². The molecule has 0 radical (unpaired) electrons. The van der Waals surface area contributed by atoms with Gasteiger partial charge >= 0.3 is 6.18 Å². The third kappa shape index (κ3) is 7.91. The number of aromatic nitrogens is 1. The van der Waals surface area contributed by atoms with Crippen LogP contribution in [0.2, 0.25) is 0 Å². The Balaban J connectivity index is 0.00000364. The van der Waals surface area contributed by atoms with Gasteiger partial charge in [-0.25, -0.2) is 4.98 Å². The van der Waals surface area contributed by atoms with Crippen LogP contribution >= 0.6 is 35.3 Å². The van der Waals surface area contributed by atoms with Crippen LogP contribution in [-0.2, 0) is 12.7 Å². The van der Waals surface area contributed by atoms with Gasteiger partial charge in [0.05, 0.1) is 13.2 Å². The van der Waals surface area contributed by atoms with Gasteiger partial charge in [0.2, 0.25) is 0 Å². The van der Waals surface area contributed by atoms with Gasteiger partial charge in [0.15, 0.2) is 11.7 Å². The van der Waals surface area contributed by atoms with Gasteiger partial charge in [0.25, 0.3) is 0 Å². The molecule has 2 aromatic rings. The molecule has 0 fully saturated rings. The number of hydrogen-bond acceptors (Lipinski definition) is 4. The lowest BCUT2D eigenvalue weighted by Gasteiger charge is -2.12. The van der Waals surface area contributed by atoms with Crippen LogP contribution < -0.4 is 15.4 Å². The van der Waals surface area contributed by atoms with Crippen molar-refractivity contribution in [2.24, 2.45) is 4.99 Å². The van der Waals surface area contributed by atoms with E-state index in [1.807, 2.05) is 31.2 Å². The van der Waals surface area contributed by atoms with E-state index in [-0.39, 0.29) is 30.5 Å². The molecular weight excluding hydrogens is 492 g/mol. The lowest BCUT2D eigenvalue weighted by molar-refractivity contribution is -0.140. The fraction of sp³-hybridized carbons (Fsp3) is 0.412. The SMILES string of the molecule is CN=C(NCCCOc1ccccc1C)NCc1nc(C(F)(F)F)cs1.I. The van der Waals surface area contributed by atoms with Crippen molar-refractivity contribution in [2.75, 3.05) is 20.2 Å². The average Bonchev–Trinajstić information content (AvgIpc) is 3.08. The number of hydrogen-bond donors (Lipinski definition) is 2. The molecule has 0 bridgehead atoms. The Kier molecular flexibility index (Phi) is 9.84. The number of para-hydroxylation sites is 1. The highest BCUT2D eigenvalue weighted by atomic mass is 127. The zero-order valence-electron chi connectivity index (χ0n) is 15.0. The van der Waals surface area contributed by atoms with Crippen LogP contribution in [0, 0.1) is 6.92 Å². The zero-order chi connectivity index (χ0) is 19.0. The maximum atomic E-state index is 12.5. The lowest BCUT2D eigenvalue weighted by atomic mass is 10.2. The van der Waals surface area contributed by atoms with Crippen LogP contribution in [0.3, 0.4) is 0 Å². The smallest absolute Gasteiger partial charge is 0.434 e. The highest BCUT2D eigenvalue weighted by Crippen LogP contribution is 2.29. The van der Waals surface area contributed by atoms with Gasteiger partial charge in [-0.05, 0) is 25.0 Å². The van der Waals surface area contributed by atoms with Crippen molar-refractivity contribution in [1.29, 1.82) is 0 Å². The summed E-state index contributed by atoms with van der Waals surface area (Å²) < 4.78 is 43.3. The quantitative estimate of drug-likeness (QED) is 0.252. The molecule has 10 heteroatoms. The summed E-state index contributed by atoms with van der Waals surface area (Å²) in [5, 5.41) is 7.40. The molecule has 0 atom stereocenters. The Bertz CT molecular complexity index is 737. The van der Waals surface area contributed by atoms with Gasteiger partial charge < -0.3 is 15.4 Å². The first-order valence-corrected chi connectivity index (χ1v) is 8.92. The van der Waals surface area contributed by atoms with Crippen LogP contribution in [0.15, 0.2) is 34.6 Å². The average molecular weight is 514 g/mol. The Labute approximate surface area is 177 Å². The van der Waals surface area contributed by atoms with E-state index in [9.17, 15) is 13.2 Å². The molecule has 27 heavy (non-hydrogen) atoms. The summed E-state index contributed by atoms with van der Waals surface area (Å²) in [7, 11) is 1.60. The van der Waals surface area contributed by atoms with E-state index in [1.54, 1.807) is 7.05 Å². The van der Waals surface area contributed by atoms with Crippen LogP contribution in [0.4, 0.5) is 13.2 Å². The van der Waals surface area contributed by atoms with Crippen molar-refractivity contribution < 1.29 is 17.9 Å². The topological polar surface area (TPSA) is 58.5 Å². The summed E-state index contributed by atoms with van der Waals surface area (Å²) in [6.45, 7) is 3.34. The minimum atomic E-state index is -4.41. The monoisotopic (exact) mass is 514 g/mol. The van der Waals surface area contributed by atoms with E-state index in [4.69, 9.17) is 4.74 Å². The largest absolute Gasteiger partial charge is 0.493 e. The first-order valence-electron chi connectivity index (χ1n) is 8.04. The molecule has 0 unspecified atom stereocenters. The van der Waals surface area contributed by atoms with Gasteiger partial charge in [0.1, 0.15) is 10.8 Å². The number of guanidine groups is 1. The van der Waals surface area contributed by atoms with E-state index < -0.39 is 11.9 Å². The third-order valence-electron chi connectivity index (χ3n) is 3.44. The molecule has 0 saturated carbocycles. The summed E-state index contributed by atoms with van der Waals surface area (Å²) in [6, 6.07) is 7.79. The number of alkyl halides is 3. The second-order valence-corrected chi connectivity index (χ2v) is 6.39. The molecule has 2 N–H and O–H groups in total. The number of aliphatic imine (C=N–C) groups is 1. The van der Waals surface area contributed by atoms with Crippen molar-refractivity contribution >= 4 is 41.3 Å². The van der Waals surface area contributed by atoms with Gasteiger partial charge in [-0.3, -0.25) is 4.99 Å². The Hall–Kier alpha value is -1.56. The fourth-order valence-corrected chi connectivity index (χ4v) is 2.82. The molecule has 5 nitrogen and oxygen atoms in total. The standard InChI is InChI=1S/C17H21F3N4OS.HI/c1-12-6-3-4-7-13(12)25-9-5-8-22-16(21-2)23-10-15-24-14(11-26-15)17(18,19)20;/h3-4,6-7,11H,5,8-10H2,1-2H3,(H2,21,22,23);1H. The van der Waals surface area contributed by atoms with E-state index in [0.29, 0.717) is 24.1 Å². The Morgan fingerprint density at radius 3 is 2.63 bits per heavy atom. The first-order chi connectivity index (χ1) is 12.4. The molecule has 150 valence electrons. The molecule has 1 heterocycles. The van der Waals surface area contributed by atoms with Crippen LogP contribution in [-0.4, -0.2) is 31.1 Å². The zero-order valence-corrected chi connectivity index (χ0v) is 18.1. The van der Waals surface area contributed by atoms with Crippen molar-refractivity contribution in [3.05, 3.63) is 45.9 Å². The van der Waals surface area contributed by atoms with Gasteiger partial charge in [0, 0.05) is 19.0 Å². The number of nitrogens with one attached hydrogen (secondary N) is 2. The van der Waals surface area contributed by atoms with Crippen molar-refractivity contribution in [1.82, 2.24) is 15.6 Å². The normalized spacial score (nSPS) is 11.7. The predicted molar refractivity (Wildman–Crippen MR) is 112 cm³/mol. The Morgan fingerprint density at radius 2 is 2.00 bits per heavy atom. The summed E-state index contributed by atoms with van der Waals surface area (Å²) in [4.78, 5) is 7.60. The molecule has 0 aliphatic heterocycles. The van der Waals surface area contributed by atoms with Crippen LogP contribution in [0.25, 0.3) is 0 Å². The number of nitrogens with zero attached hydrogens (tertiary/aromatic N) is 2. The van der Waals surface area contributed by atoms with Gasteiger partial charge in [-0.2, -0.15) is 13.2 Å². The van der Waals surface area contributed by atoms with E-state index in [0.717, 1.165) is 34.5 Å². The third-order valence-corrected chi connectivity index (χ3v) is 4.29. The number of thiazole rings is 1. The van der Waals surface area contributed by atoms with Crippen LogP contribution in [0.1, 0.15) is 22.7 Å². The number of rotatable bonds is 7. The highest BCUT2D eigenvalue weighted by molar-refractivity contribution is 14.0. The molecule has 0 aliphatic rings. The summed E-state index contributed by atoms with van der Waals surface area (Å²) >= 11 is 0.963. The molecule has 1 aromatic carbocycles. The minimum Gasteiger partial charge on any atom is -0.493 e. The molecule has 0 spiro atoms. The first kappa shape index (κ1) is 23.5. The maximum absolute atomic E-state index is 12.5. The van der Waals surface area contributed by atoms with Crippen molar-refractivity contribution in [2.45, 2.75) is 26.1 Å². The number of halogens is 4. The molecular formula is C17H22F3IN4OS. The van der Waals surface area contributed by atoms with E-state index in [2.05, 4.69) is 20.6 Å². The number of benzene rings is 1. The van der Waals surface area contributed by atoms with Crippen LogP contribution in [0.5, 0.6) is 5.75 Å². The van der Waals surface area contributed by atoms with E-state index >= 15 is 0 Å². The van der Waals surface area contributed by atoms with E-state index in [1.165, 1.54) is 0 Å². The Morgan fingerprint density at radius 1 is 1.26 bits per heavy atom. The summed E-state index contributed by atoms with van der Waals surface area (Å²) in [6.07, 6.45) is -3.66. The summed E-state index contributed by atoms with van der Waals surface area (Å²) in [5.41, 5.74) is 0.218. The molecule has 2 rings (SSSR count). The molecule has 0 aliphatic carbocycles. The highest BCUT2D eigenvalue weighted by Gasteiger charge is 2.33. The number of ether oxygens (including phenoxy) is 1. The lowest BCUT2D eigenvalue weighted by Crippen LogP contribution is -2.37. The van der Waals surface area contributed by atoms with Gasteiger partial charge in [-0.1, -0.05) is 18.2 Å². The second kappa shape index (κ2) is 11.3. The number of aryl methyl sites for hydroxylation is 1. The molecule has 0 saturated heterocycles. The molecule has 1 aromatic heterocycles. The van der Waals surface area contributed by atoms with Gasteiger partial charge in [-0.15, -0.1) is 35.3 Å². The molecule has 0 amide bonds. The minimum absolute atomic E-state index is 0. The predicted octanol–water partition coefficient (Wildman–Crippen LogP) is 4.22. The fourth-order valence-electron chi connectivity index (χ4n) is 2.08. The summed E-state index contributed by atoms with van der Waals surface area (Å²) in [5.74, 6) is 1.36. The second-order valence-electron chi connectivity index (χ2n) is 5.44. The maximum Gasteiger partial charge on any atom is 0.434 e.